The third kappa shape index (κ3) is 10.2. The Morgan fingerprint density at radius 1 is 1.03 bits per heavy atom. The van der Waals surface area contributed by atoms with Crippen molar-refractivity contribution in [3.8, 4) is 0 Å². The van der Waals surface area contributed by atoms with E-state index in [-0.39, 0.29) is 17.2 Å². The number of amidine groups is 1. The van der Waals surface area contributed by atoms with E-state index in [1.54, 1.807) is 12.4 Å². The summed E-state index contributed by atoms with van der Waals surface area (Å²) in [6.45, 7) is 5.46. The maximum atomic E-state index is 11.1. The van der Waals surface area contributed by atoms with E-state index in [4.69, 9.17) is 5.73 Å². The average molecular weight is 406 g/mol. The zero-order valence-electron chi connectivity index (χ0n) is 18.6. The molecule has 5 nitrogen and oxygen atoms in total. The smallest absolute Gasteiger partial charge is 0.209 e. The number of aliphatic imine (C=N–C) groups is 1. The van der Waals surface area contributed by atoms with E-state index in [9.17, 15) is 9.90 Å². The number of aliphatic carboxylic acids is 1. The molecule has 166 valence electrons. The summed E-state index contributed by atoms with van der Waals surface area (Å²) < 4.78 is 0.108. The van der Waals surface area contributed by atoms with Crippen LogP contribution in [-0.2, 0) is 4.79 Å². The van der Waals surface area contributed by atoms with Crippen LogP contribution in [0.15, 0.2) is 30.0 Å². The monoisotopic (exact) mass is 405 g/mol. The van der Waals surface area contributed by atoms with Gasteiger partial charge in [-0.2, -0.15) is 0 Å². The Hall–Kier alpha value is -1.46. The van der Waals surface area contributed by atoms with Gasteiger partial charge < -0.3 is 9.90 Å². The summed E-state index contributed by atoms with van der Waals surface area (Å²) in [4.78, 5) is 15.5. The number of rotatable bonds is 19. The molecule has 1 aliphatic heterocycles. The number of allylic oxidation sites excluding steroid dienone is 1. The van der Waals surface area contributed by atoms with Gasteiger partial charge in [0.1, 0.15) is 18.9 Å². The number of hydrogen-bond donors (Lipinski definition) is 1. The number of quaternary nitrogens is 1. The van der Waals surface area contributed by atoms with E-state index in [0.29, 0.717) is 0 Å². The highest BCUT2D eigenvalue weighted by Gasteiger charge is 2.38. The Balaban J connectivity index is 2.00. The molecule has 1 heterocycles. The molecule has 0 bridgehead atoms. The Morgan fingerprint density at radius 3 is 1.97 bits per heavy atom. The molecule has 1 aliphatic rings. The number of carbonyl (C=O) groups excluding carboxylic acids is 1. The number of nitrogens with zero attached hydrogens (tertiary/aromatic N) is 2. The minimum Gasteiger partial charge on any atom is -0.544 e. The summed E-state index contributed by atoms with van der Waals surface area (Å²) in [6.07, 6.45) is 24.1. The molecule has 0 radical (unpaired) electrons. The van der Waals surface area contributed by atoms with Gasteiger partial charge in [0, 0.05) is 13.3 Å². The SMILES string of the molecule is C=CCCCCCCCCCCCCCCCC1=NC=C[N+]1(CC(=O)[O-])C(C)N. The molecule has 2 atom stereocenters. The van der Waals surface area contributed by atoms with Crippen molar-refractivity contribution in [3.05, 3.63) is 25.1 Å². The second-order valence-corrected chi connectivity index (χ2v) is 8.47. The van der Waals surface area contributed by atoms with Crippen LogP contribution in [0.2, 0.25) is 0 Å². The van der Waals surface area contributed by atoms with Gasteiger partial charge >= 0.3 is 0 Å². The fourth-order valence-corrected chi connectivity index (χ4v) is 4.09. The van der Waals surface area contributed by atoms with Gasteiger partial charge in [-0.15, -0.1) is 6.58 Å². The summed E-state index contributed by atoms with van der Waals surface area (Å²) in [5, 5.41) is 11.1. The second-order valence-electron chi connectivity index (χ2n) is 8.47. The molecule has 0 aromatic heterocycles. The predicted molar refractivity (Wildman–Crippen MR) is 120 cm³/mol. The molecule has 0 spiro atoms. The summed E-state index contributed by atoms with van der Waals surface area (Å²) in [6, 6.07) is 0. The molecule has 2 N–H and O–H groups in total. The van der Waals surface area contributed by atoms with Gasteiger partial charge in [-0.05, 0) is 19.3 Å². The molecule has 0 saturated heterocycles. The number of hydrogen-bond acceptors (Lipinski definition) is 4. The minimum absolute atomic E-state index is 0.108. The summed E-state index contributed by atoms with van der Waals surface area (Å²) in [5.41, 5.74) is 6.07. The molecule has 1 rings (SSSR count). The van der Waals surface area contributed by atoms with Gasteiger partial charge in [0.15, 0.2) is 0 Å². The molecule has 0 aromatic carbocycles. The van der Waals surface area contributed by atoms with E-state index < -0.39 is 5.97 Å². The highest BCUT2D eigenvalue weighted by molar-refractivity contribution is 5.81. The van der Waals surface area contributed by atoms with Gasteiger partial charge in [-0.3, -0.25) is 5.73 Å². The van der Waals surface area contributed by atoms with Crippen molar-refractivity contribution in [2.45, 2.75) is 109 Å². The van der Waals surface area contributed by atoms with Gasteiger partial charge in [0.2, 0.25) is 5.84 Å². The van der Waals surface area contributed by atoms with Gasteiger partial charge in [0.05, 0.1) is 12.2 Å². The molecule has 0 saturated carbocycles. The average Bonchev–Trinajstić information content (AvgIpc) is 3.08. The fourth-order valence-electron chi connectivity index (χ4n) is 4.09. The van der Waals surface area contributed by atoms with Crippen molar-refractivity contribution >= 4 is 11.8 Å². The first-order valence-electron chi connectivity index (χ1n) is 11.7. The number of nitrogens with two attached hydrogens (primary N) is 1. The number of unbranched alkanes of at least 4 members (excludes halogenated alkanes) is 13. The Bertz CT molecular complexity index is 528. The van der Waals surface area contributed by atoms with Crippen LogP contribution >= 0.6 is 0 Å². The van der Waals surface area contributed by atoms with Crippen LogP contribution in [0, 0.1) is 0 Å². The van der Waals surface area contributed by atoms with Crippen LogP contribution in [0.25, 0.3) is 0 Å². The zero-order chi connectivity index (χ0) is 21.4. The van der Waals surface area contributed by atoms with Gasteiger partial charge in [0.25, 0.3) is 0 Å². The standard InChI is InChI=1S/C24H43N3O2/c1-3-4-5-6-7-8-9-10-11-12-13-14-15-16-17-18-23-26-19-20-27(23,22(2)25)21-24(28)29/h3,19-20,22H,1,4-18,21,25H2,2H3. The van der Waals surface area contributed by atoms with Crippen LogP contribution in [-0.4, -0.2) is 29.0 Å². The lowest BCUT2D eigenvalue weighted by Gasteiger charge is -2.36. The van der Waals surface area contributed by atoms with Crippen LogP contribution in [0.1, 0.15) is 103 Å². The van der Waals surface area contributed by atoms with Crippen molar-refractivity contribution < 1.29 is 14.4 Å². The first-order valence-corrected chi connectivity index (χ1v) is 11.7. The van der Waals surface area contributed by atoms with Gasteiger partial charge in [-0.25, -0.2) is 9.48 Å². The first-order chi connectivity index (χ1) is 14.0. The Labute approximate surface area is 178 Å². The van der Waals surface area contributed by atoms with Crippen molar-refractivity contribution in [2.75, 3.05) is 6.54 Å². The molecule has 0 aliphatic carbocycles. The van der Waals surface area contributed by atoms with Crippen molar-refractivity contribution in [1.29, 1.82) is 0 Å². The number of carboxylic acids is 1. The third-order valence-electron chi connectivity index (χ3n) is 5.96. The van der Waals surface area contributed by atoms with Crippen LogP contribution in [0.3, 0.4) is 0 Å². The molecular formula is C24H43N3O2. The molecule has 0 amide bonds. The van der Waals surface area contributed by atoms with E-state index in [2.05, 4.69) is 11.6 Å². The molecule has 29 heavy (non-hydrogen) atoms. The number of carbonyl (C=O) groups is 1. The molecule has 2 unspecified atom stereocenters. The first kappa shape index (κ1) is 25.6. The normalized spacial score (nSPS) is 19.3. The van der Waals surface area contributed by atoms with Crippen LogP contribution in [0.5, 0.6) is 0 Å². The maximum absolute atomic E-state index is 11.1. The van der Waals surface area contributed by atoms with E-state index >= 15 is 0 Å². The second kappa shape index (κ2) is 15.4. The highest BCUT2D eigenvalue weighted by Crippen LogP contribution is 2.23. The Kier molecular flexibility index (Phi) is 13.6. The van der Waals surface area contributed by atoms with E-state index in [1.165, 1.54) is 70.6 Å². The molecule has 0 fully saturated rings. The quantitative estimate of drug-likeness (QED) is 0.191. The summed E-state index contributed by atoms with van der Waals surface area (Å²) >= 11 is 0. The molecule has 5 heteroatoms. The van der Waals surface area contributed by atoms with Crippen molar-refractivity contribution in [2.24, 2.45) is 10.7 Å². The molecule has 0 aromatic rings. The zero-order valence-corrected chi connectivity index (χ0v) is 18.6. The number of carboxylic acid groups (broad SMARTS) is 1. The lowest BCUT2D eigenvalue weighted by atomic mass is 10.0. The van der Waals surface area contributed by atoms with Crippen molar-refractivity contribution in [3.63, 3.8) is 0 Å². The van der Waals surface area contributed by atoms with Crippen LogP contribution < -0.4 is 10.8 Å². The van der Waals surface area contributed by atoms with E-state index in [0.717, 1.165) is 31.5 Å². The summed E-state index contributed by atoms with van der Waals surface area (Å²) in [5.74, 6) is -0.233. The minimum atomic E-state index is -1.09. The lowest BCUT2D eigenvalue weighted by Crippen LogP contribution is -2.60. The molecular weight excluding hydrogens is 362 g/mol. The fraction of sp³-hybridized carbons (Fsp3) is 0.750. The van der Waals surface area contributed by atoms with Crippen molar-refractivity contribution in [1.82, 2.24) is 0 Å². The highest BCUT2D eigenvalue weighted by atomic mass is 16.4. The topological polar surface area (TPSA) is 78.5 Å². The lowest BCUT2D eigenvalue weighted by molar-refractivity contribution is -0.808. The maximum Gasteiger partial charge on any atom is 0.209 e. The Morgan fingerprint density at radius 2 is 1.52 bits per heavy atom. The predicted octanol–water partition coefficient (Wildman–Crippen LogP) is 4.78. The van der Waals surface area contributed by atoms with Gasteiger partial charge in [-0.1, -0.05) is 76.7 Å². The van der Waals surface area contributed by atoms with E-state index in [1.807, 2.05) is 13.0 Å². The summed E-state index contributed by atoms with van der Waals surface area (Å²) in [7, 11) is 0. The largest absolute Gasteiger partial charge is 0.544 e. The van der Waals surface area contributed by atoms with Crippen LogP contribution in [0.4, 0.5) is 0 Å². The third-order valence-corrected chi connectivity index (χ3v) is 5.96.